The van der Waals surface area contributed by atoms with Crippen molar-refractivity contribution in [1.82, 2.24) is 9.55 Å². The molecule has 5 nitrogen and oxygen atoms in total. The van der Waals surface area contributed by atoms with Crippen LogP contribution in [0.25, 0.3) is 21.3 Å². The first kappa shape index (κ1) is 17.9. The SMILES string of the molecule is CCc1nc2scc(-c3ccc4c(c3)CCCC4)c2c(=O)n1CCC(N)=O. The van der Waals surface area contributed by atoms with Crippen molar-refractivity contribution in [1.29, 1.82) is 0 Å². The first-order chi connectivity index (χ1) is 13.1. The van der Waals surface area contributed by atoms with Gasteiger partial charge in [-0.3, -0.25) is 14.2 Å². The maximum atomic E-state index is 13.2. The molecule has 0 radical (unpaired) electrons. The Balaban J connectivity index is 1.86. The van der Waals surface area contributed by atoms with Crippen molar-refractivity contribution >= 4 is 27.5 Å². The Morgan fingerprint density at radius 3 is 2.78 bits per heavy atom. The van der Waals surface area contributed by atoms with Crippen LogP contribution in [0.5, 0.6) is 0 Å². The smallest absolute Gasteiger partial charge is 0.262 e. The molecule has 2 N–H and O–H groups in total. The molecule has 6 heteroatoms. The normalized spacial score (nSPS) is 13.7. The molecule has 0 aliphatic heterocycles. The molecule has 0 saturated carbocycles. The zero-order chi connectivity index (χ0) is 19.0. The zero-order valence-corrected chi connectivity index (χ0v) is 16.3. The maximum absolute atomic E-state index is 13.2. The van der Waals surface area contributed by atoms with Crippen LogP contribution in [0.2, 0.25) is 0 Å². The van der Waals surface area contributed by atoms with Gasteiger partial charge in [-0.15, -0.1) is 11.3 Å². The first-order valence-corrected chi connectivity index (χ1v) is 10.4. The molecule has 0 atom stereocenters. The lowest BCUT2D eigenvalue weighted by Crippen LogP contribution is -2.27. The second-order valence-corrected chi connectivity index (χ2v) is 7.93. The highest BCUT2D eigenvalue weighted by Gasteiger charge is 2.18. The summed E-state index contributed by atoms with van der Waals surface area (Å²) < 4.78 is 1.61. The van der Waals surface area contributed by atoms with E-state index in [0.717, 1.165) is 28.8 Å². The summed E-state index contributed by atoms with van der Waals surface area (Å²) in [4.78, 5) is 29.9. The predicted octanol–water partition coefficient (Wildman–Crippen LogP) is 3.44. The fourth-order valence-electron chi connectivity index (χ4n) is 3.90. The number of primary amides is 1. The lowest BCUT2D eigenvalue weighted by Gasteiger charge is -2.16. The third kappa shape index (κ3) is 3.30. The van der Waals surface area contributed by atoms with Crippen molar-refractivity contribution in [3.05, 3.63) is 50.9 Å². The van der Waals surface area contributed by atoms with E-state index >= 15 is 0 Å². The molecule has 27 heavy (non-hydrogen) atoms. The van der Waals surface area contributed by atoms with Gasteiger partial charge in [0.15, 0.2) is 0 Å². The van der Waals surface area contributed by atoms with Crippen LogP contribution in [0.15, 0.2) is 28.4 Å². The summed E-state index contributed by atoms with van der Waals surface area (Å²) in [5.41, 5.74) is 10.0. The van der Waals surface area contributed by atoms with Gasteiger partial charge in [-0.05, 0) is 42.4 Å². The van der Waals surface area contributed by atoms with E-state index in [1.54, 1.807) is 4.57 Å². The Hall–Kier alpha value is -2.47. The molecule has 0 fully saturated rings. The number of nitrogens with zero attached hydrogens (tertiary/aromatic N) is 2. The molecule has 1 amide bonds. The van der Waals surface area contributed by atoms with E-state index in [0.29, 0.717) is 17.6 Å². The summed E-state index contributed by atoms with van der Waals surface area (Å²) in [6.07, 6.45) is 5.49. The van der Waals surface area contributed by atoms with Gasteiger partial charge >= 0.3 is 0 Å². The van der Waals surface area contributed by atoms with Gasteiger partial charge in [0.25, 0.3) is 5.56 Å². The number of nitrogens with two attached hydrogens (primary N) is 1. The second kappa shape index (κ2) is 7.27. The molecular formula is C21H23N3O2S. The van der Waals surface area contributed by atoms with Crippen LogP contribution < -0.4 is 11.3 Å². The van der Waals surface area contributed by atoms with Crippen LogP contribution in [-0.2, 0) is 30.6 Å². The van der Waals surface area contributed by atoms with Crippen molar-refractivity contribution in [2.24, 2.45) is 5.73 Å². The van der Waals surface area contributed by atoms with Crippen LogP contribution in [0, 0.1) is 0 Å². The quantitative estimate of drug-likeness (QED) is 0.735. The number of aromatic nitrogens is 2. The third-order valence-electron chi connectivity index (χ3n) is 5.33. The molecule has 3 aromatic rings. The van der Waals surface area contributed by atoms with E-state index in [4.69, 9.17) is 10.7 Å². The van der Waals surface area contributed by atoms with E-state index in [1.165, 1.54) is 35.3 Å². The largest absolute Gasteiger partial charge is 0.370 e. The maximum Gasteiger partial charge on any atom is 0.262 e. The molecule has 140 valence electrons. The van der Waals surface area contributed by atoms with Crippen LogP contribution in [0.3, 0.4) is 0 Å². The summed E-state index contributed by atoms with van der Waals surface area (Å²) in [5.74, 6) is 0.289. The highest BCUT2D eigenvalue weighted by atomic mass is 32.1. The Labute approximate surface area is 161 Å². The average molecular weight is 382 g/mol. The molecule has 1 aromatic carbocycles. The first-order valence-electron chi connectivity index (χ1n) is 9.50. The minimum absolute atomic E-state index is 0.0768. The minimum atomic E-state index is -0.413. The molecule has 2 aromatic heterocycles. The van der Waals surface area contributed by atoms with Gasteiger partial charge in [-0.2, -0.15) is 0 Å². The Kier molecular flexibility index (Phi) is 4.83. The van der Waals surface area contributed by atoms with Gasteiger partial charge < -0.3 is 5.73 Å². The molecule has 0 unspecified atom stereocenters. The molecule has 0 bridgehead atoms. The third-order valence-corrected chi connectivity index (χ3v) is 6.20. The monoisotopic (exact) mass is 381 g/mol. The van der Waals surface area contributed by atoms with Gasteiger partial charge in [0.2, 0.25) is 5.91 Å². The van der Waals surface area contributed by atoms with Crippen molar-refractivity contribution < 1.29 is 4.79 Å². The fourth-order valence-corrected chi connectivity index (χ4v) is 4.86. The van der Waals surface area contributed by atoms with Crippen molar-refractivity contribution in [3.8, 4) is 11.1 Å². The summed E-state index contributed by atoms with van der Waals surface area (Å²) in [6, 6.07) is 6.55. The number of carbonyl (C=O) groups excluding carboxylic acids is 1. The average Bonchev–Trinajstić information content (AvgIpc) is 3.10. The van der Waals surface area contributed by atoms with Gasteiger partial charge in [0.05, 0.1) is 5.39 Å². The predicted molar refractivity (Wildman–Crippen MR) is 109 cm³/mol. The molecular weight excluding hydrogens is 358 g/mol. The topological polar surface area (TPSA) is 78.0 Å². The molecule has 1 aliphatic rings. The number of amides is 1. The van der Waals surface area contributed by atoms with Crippen LogP contribution in [-0.4, -0.2) is 15.5 Å². The second-order valence-electron chi connectivity index (χ2n) is 7.07. The van der Waals surface area contributed by atoms with Crippen molar-refractivity contribution in [2.75, 3.05) is 0 Å². The Morgan fingerprint density at radius 2 is 2.04 bits per heavy atom. The van der Waals surface area contributed by atoms with E-state index < -0.39 is 5.91 Å². The van der Waals surface area contributed by atoms with E-state index in [2.05, 4.69) is 18.2 Å². The van der Waals surface area contributed by atoms with Crippen LogP contribution in [0.1, 0.15) is 43.1 Å². The molecule has 4 rings (SSSR count). The number of benzene rings is 1. The van der Waals surface area contributed by atoms with E-state index in [9.17, 15) is 9.59 Å². The molecule has 1 aliphatic carbocycles. The fraction of sp³-hybridized carbons (Fsp3) is 0.381. The highest BCUT2D eigenvalue weighted by Crippen LogP contribution is 2.33. The highest BCUT2D eigenvalue weighted by molar-refractivity contribution is 7.17. The number of rotatable bonds is 5. The van der Waals surface area contributed by atoms with Crippen LogP contribution in [0.4, 0.5) is 0 Å². The minimum Gasteiger partial charge on any atom is -0.370 e. The number of carbonyl (C=O) groups is 1. The van der Waals surface area contributed by atoms with E-state index in [-0.39, 0.29) is 18.5 Å². The summed E-state index contributed by atoms with van der Waals surface area (Å²) in [5, 5.41) is 2.68. The van der Waals surface area contributed by atoms with Gasteiger partial charge in [0.1, 0.15) is 10.7 Å². The Bertz CT molecular complexity index is 1080. The van der Waals surface area contributed by atoms with Crippen molar-refractivity contribution in [3.63, 3.8) is 0 Å². The number of hydrogen-bond donors (Lipinski definition) is 1. The standard InChI is InChI=1S/C21H23N3O2S/c1-2-18-23-20-19(21(26)24(18)10-9-17(22)25)16(12-27-20)15-8-7-13-5-3-4-6-14(13)11-15/h7-8,11-12H,2-6,9-10H2,1H3,(H2,22,25). The van der Waals surface area contributed by atoms with Gasteiger partial charge in [-0.25, -0.2) is 4.98 Å². The number of fused-ring (bicyclic) bond motifs is 2. The summed E-state index contributed by atoms with van der Waals surface area (Å²) in [6.45, 7) is 2.24. The van der Waals surface area contributed by atoms with Crippen molar-refractivity contribution in [2.45, 2.75) is 52.0 Å². The Morgan fingerprint density at radius 1 is 1.26 bits per heavy atom. The van der Waals surface area contributed by atoms with Gasteiger partial charge in [0, 0.05) is 30.3 Å². The number of aryl methyl sites for hydroxylation is 3. The zero-order valence-electron chi connectivity index (χ0n) is 15.5. The lowest BCUT2D eigenvalue weighted by atomic mass is 9.89. The molecule has 0 spiro atoms. The lowest BCUT2D eigenvalue weighted by molar-refractivity contribution is -0.118. The van der Waals surface area contributed by atoms with Gasteiger partial charge in [-0.1, -0.05) is 25.1 Å². The summed E-state index contributed by atoms with van der Waals surface area (Å²) >= 11 is 1.51. The molecule has 0 saturated heterocycles. The number of thiophene rings is 1. The van der Waals surface area contributed by atoms with E-state index in [1.807, 2.05) is 12.3 Å². The molecule has 2 heterocycles. The summed E-state index contributed by atoms with van der Waals surface area (Å²) in [7, 11) is 0. The number of hydrogen-bond acceptors (Lipinski definition) is 4. The van der Waals surface area contributed by atoms with Crippen LogP contribution >= 0.6 is 11.3 Å².